The lowest BCUT2D eigenvalue weighted by Gasteiger charge is -2.50. The Labute approximate surface area is 316 Å². The molecule has 0 saturated heterocycles. The van der Waals surface area contributed by atoms with Crippen molar-refractivity contribution in [2.45, 2.75) is 44.2 Å². The van der Waals surface area contributed by atoms with Gasteiger partial charge >= 0.3 is 12.1 Å². The molecule has 3 aliphatic carbocycles. The van der Waals surface area contributed by atoms with Crippen molar-refractivity contribution in [2.75, 3.05) is 58.3 Å². The van der Waals surface area contributed by atoms with Gasteiger partial charge in [-0.05, 0) is 56.5 Å². The number of aromatic hydroxyl groups is 1. The summed E-state index contributed by atoms with van der Waals surface area (Å²) in [7, 11) is 6.43. The predicted molar refractivity (Wildman–Crippen MR) is 196 cm³/mol. The molecule has 17 heteroatoms. The first-order valence-corrected chi connectivity index (χ1v) is 17.6. The molecule has 0 unspecified atom stereocenters. The number of ketones is 2. The van der Waals surface area contributed by atoms with Crippen LogP contribution >= 0.6 is 0 Å². The number of nitrogens with one attached hydrogen (secondary N) is 1. The molecule has 0 spiro atoms. The van der Waals surface area contributed by atoms with E-state index in [0.29, 0.717) is 23.2 Å². The van der Waals surface area contributed by atoms with Gasteiger partial charge in [-0.1, -0.05) is 37.3 Å². The number of ether oxygens (including phenoxy) is 2. The summed E-state index contributed by atoms with van der Waals surface area (Å²) in [6.07, 6.45) is -0.598. The predicted octanol–water partition coefficient (Wildman–Crippen LogP) is 1.72. The Bertz CT molecular complexity index is 1990. The first-order chi connectivity index (χ1) is 25.9. The number of rotatable bonds is 12. The molecule has 0 saturated carbocycles. The monoisotopic (exact) mass is 763 g/mol. The van der Waals surface area contributed by atoms with Gasteiger partial charge in [0.2, 0.25) is 18.5 Å². The number of likely N-dealkylation sites (N-methyl/N-ethyl adjacent to an activating group) is 1. The molecule has 4 atom stereocenters. The molecule has 3 aliphatic rings. The molecule has 55 heavy (non-hydrogen) atoms. The van der Waals surface area contributed by atoms with Crippen LogP contribution in [0, 0.1) is 11.8 Å². The molecular weight excluding hydrogens is 718 g/mol. The summed E-state index contributed by atoms with van der Waals surface area (Å²) in [6, 6.07) is 9.13. The number of fused-ring (bicyclic) bond motifs is 3. The number of primary amides is 1. The number of anilines is 2. The Kier molecular flexibility index (Phi) is 11.6. The van der Waals surface area contributed by atoms with E-state index in [-0.39, 0.29) is 42.6 Å². The van der Waals surface area contributed by atoms with Gasteiger partial charge in [0.1, 0.15) is 23.6 Å². The number of esters is 1. The Morgan fingerprint density at radius 1 is 1.02 bits per heavy atom. The van der Waals surface area contributed by atoms with Gasteiger partial charge in [-0.2, -0.15) is 0 Å². The fourth-order valence-corrected chi connectivity index (χ4v) is 7.71. The first-order valence-electron chi connectivity index (χ1n) is 17.6. The Morgan fingerprint density at radius 3 is 2.29 bits per heavy atom. The lowest BCUT2D eigenvalue weighted by atomic mass is 9.58. The molecule has 294 valence electrons. The fraction of sp³-hybridized carbons (Fsp3) is 0.421. The van der Waals surface area contributed by atoms with Crippen LogP contribution in [0.4, 0.5) is 16.2 Å². The summed E-state index contributed by atoms with van der Waals surface area (Å²) in [5.41, 5.74) is 2.30. The number of nitrogens with two attached hydrogens (primary N) is 1. The van der Waals surface area contributed by atoms with E-state index >= 15 is 0 Å². The summed E-state index contributed by atoms with van der Waals surface area (Å²) < 4.78 is 10.1. The number of phenolic OH excluding ortho intramolecular Hbond substituents is 1. The minimum atomic E-state index is -2.81. The smallest absolute Gasteiger partial charge is 0.413 e. The normalized spacial score (nSPS) is 21.7. The van der Waals surface area contributed by atoms with Crippen molar-refractivity contribution < 1.29 is 58.7 Å². The van der Waals surface area contributed by atoms with E-state index in [0.717, 1.165) is 4.90 Å². The number of carbonyl (C=O) groups excluding carboxylic acids is 6. The van der Waals surface area contributed by atoms with Crippen molar-refractivity contribution >= 4 is 46.8 Å². The van der Waals surface area contributed by atoms with Gasteiger partial charge in [0.05, 0.1) is 23.7 Å². The van der Waals surface area contributed by atoms with Crippen molar-refractivity contribution in [3.8, 4) is 5.75 Å². The number of carbonyl (C=O) groups is 6. The van der Waals surface area contributed by atoms with Gasteiger partial charge in [-0.25, -0.2) is 4.79 Å². The van der Waals surface area contributed by atoms with Crippen LogP contribution < -0.4 is 16.0 Å². The zero-order valence-electron chi connectivity index (χ0n) is 31.1. The SMILES string of the molecule is CCCN(CC(=O)Nc1cc(N(C)C)c2c(c1O)C(=O)C1=C(O)[C@]3(O)C(=O)C(C(N)=O)=C(O)[C@@H](N(C)C)[C@@H]3C[C@@H]1C2)C(=O)OCOC(=O)Cc1ccccc1. The minimum absolute atomic E-state index is 0.0344. The van der Waals surface area contributed by atoms with E-state index in [1.807, 2.05) is 0 Å². The summed E-state index contributed by atoms with van der Waals surface area (Å²) in [4.78, 5) is 82.8. The van der Waals surface area contributed by atoms with Crippen LogP contribution in [0.1, 0.15) is 41.3 Å². The largest absolute Gasteiger partial charge is 0.510 e. The van der Waals surface area contributed by atoms with Crippen LogP contribution in [0.5, 0.6) is 5.75 Å². The third-order valence-electron chi connectivity index (χ3n) is 10.1. The highest BCUT2D eigenvalue weighted by molar-refractivity contribution is 6.25. The third kappa shape index (κ3) is 7.44. The zero-order chi connectivity index (χ0) is 40.5. The second-order valence-corrected chi connectivity index (χ2v) is 14.2. The maximum absolute atomic E-state index is 14.3. The molecule has 2 aromatic rings. The molecule has 2 aromatic carbocycles. The highest BCUT2D eigenvalue weighted by atomic mass is 16.7. The number of hydrogen-bond acceptors (Lipinski definition) is 14. The average molecular weight is 764 g/mol. The lowest BCUT2D eigenvalue weighted by Crippen LogP contribution is -2.63. The van der Waals surface area contributed by atoms with E-state index in [1.54, 1.807) is 70.3 Å². The second-order valence-electron chi connectivity index (χ2n) is 14.2. The van der Waals surface area contributed by atoms with E-state index in [1.165, 1.54) is 11.0 Å². The molecule has 7 N–H and O–H groups in total. The Morgan fingerprint density at radius 2 is 1.69 bits per heavy atom. The number of phenols is 1. The summed E-state index contributed by atoms with van der Waals surface area (Å²) in [6.45, 7) is 0.609. The molecule has 0 aliphatic heterocycles. The molecule has 5 rings (SSSR count). The van der Waals surface area contributed by atoms with Crippen molar-refractivity contribution in [3.05, 3.63) is 75.8 Å². The number of allylic oxidation sites excluding steroid dienone is 1. The minimum Gasteiger partial charge on any atom is -0.510 e. The topological polar surface area (TPSA) is 250 Å². The first kappa shape index (κ1) is 40.2. The average Bonchev–Trinajstić information content (AvgIpc) is 3.10. The molecule has 0 bridgehead atoms. The number of nitrogens with zero attached hydrogens (tertiary/aromatic N) is 3. The van der Waals surface area contributed by atoms with Crippen LogP contribution in [0.3, 0.4) is 0 Å². The second kappa shape index (κ2) is 15.8. The molecular formula is C38H45N5O12. The van der Waals surface area contributed by atoms with Gasteiger partial charge in [0.15, 0.2) is 17.1 Å². The number of aliphatic hydroxyl groups excluding tert-OH is 2. The third-order valence-corrected chi connectivity index (χ3v) is 10.1. The van der Waals surface area contributed by atoms with Gasteiger partial charge in [0.25, 0.3) is 5.91 Å². The maximum Gasteiger partial charge on any atom is 0.413 e. The maximum atomic E-state index is 14.3. The van der Waals surface area contributed by atoms with Crippen LogP contribution in [-0.2, 0) is 41.5 Å². The number of Topliss-reactive ketones (excluding diaryl/α,β-unsaturated/α-hetero) is 2. The number of hydrogen-bond donors (Lipinski definition) is 6. The molecule has 0 fully saturated rings. The van der Waals surface area contributed by atoms with Gasteiger partial charge in [-0.15, -0.1) is 0 Å². The number of amides is 3. The van der Waals surface area contributed by atoms with Crippen molar-refractivity contribution in [1.29, 1.82) is 0 Å². The van der Waals surface area contributed by atoms with E-state index in [4.69, 9.17) is 15.2 Å². The molecule has 0 radical (unpaired) electrons. The van der Waals surface area contributed by atoms with Crippen LogP contribution in [0.25, 0.3) is 0 Å². The lowest BCUT2D eigenvalue weighted by molar-refractivity contribution is -0.152. The van der Waals surface area contributed by atoms with E-state index < -0.39 is 95.1 Å². The zero-order valence-corrected chi connectivity index (χ0v) is 31.1. The molecule has 17 nitrogen and oxygen atoms in total. The van der Waals surface area contributed by atoms with Crippen LogP contribution in [0.15, 0.2) is 59.1 Å². The van der Waals surface area contributed by atoms with Gasteiger partial charge < -0.3 is 45.9 Å². The van der Waals surface area contributed by atoms with E-state index in [9.17, 15) is 49.2 Å². The van der Waals surface area contributed by atoms with Crippen molar-refractivity contribution in [2.24, 2.45) is 17.6 Å². The number of benzene rings is 2. The summed E-state index contributed by atoms with van der Waals surface area (Å²) in [5, 5.41) is 48.6. The van der Waals surface area contributed by atoms with Crippen molar-refractivity contribution in [3.63, 3.8) is 0 Å². The highest BCUT2D eigenvalue weighted by Crippen LogP contribution is 2.54. The Hall–Kier alpha value is -5.94. The fourth-order valence-electron chi connectivity index (χ4n) is 7.71. The van der Waals surface area contributed by atoms with E-state index in [2.05, 4.69) is 5.32 Å². The Balaban J connectivity index is 1.40. The van der Waals surface area contributed by atoms with Crippen molar-refractivity contribution in [1.82, 2.24) is 9.80 Å². The standard InChI is InChI=1S/C38H45N5O12/c1-6-12-43(37(52)55-18-54-26(45)13-19-10-8-7-9-11-19)17-25(44)40-23-16-24(41(2)3)21-14-20-15-22-30(42(4)5)33(48)29(36(39)51)35(50)38(22,53)34(49)27(20)32(47)28(21)31(23)46/h7-11,16,20,22,30,46,48-49,53H,6,12-15,17-18H2,1-5H3,(H2,39,51)(H,40,44)/t20-,22-,30-,38-/m0/s1. The molecule has 3 amide bonds. The summed E-state index contributed by atoms with van der Waals surface area (Å²) >= 11 is 0. The van der Waals surface area contributed by atoms with Crippen LogP contribution in [-0.4, -0.2) is 125 Å². The molecule has 0 heterocycles. The quantitative estimate of drug-likeness (QED) is 0.0780. The summed E-state index contributed by atoms with van der Waals surface area (Å²) in [5.74, 6) is -9.37. The number of aliphatic hydroxyl groups is 3. The van der Waals surface area contributed by atoms with Gasteiger partial charge in [-0.3, -0.25) is 33.8 Å². The highest BCUT2D eigenvalue weighted by Gasteiger charge is 2.63. The van der Waals surface area contributed by atoms with Gasteiger partial charge in [0, 0.05) is 37.8 Å². The van der Waals surface area contributed by atoms with Crippen LogP contribution in [0.2, 0.25) is 0 Å². The molecule has 0 aromatic heterocycles.